The van der Waals surface area contributed by atoms with Crippen LogP contribution in [0.5, 0.6) is 0 Å². The van der Waals surface area contributed by atoms with E-state index in [0.29, 0.717) is 13.0 Å². The van der Waals surface area contributed by atoms with E-state index in [-0.39, 0.29) is 19.6 Å². The van der Waals surface area contributed by atoms with Crippen LogP contribution in [0.3, 0.4) is 0 Å². The second kappa shape index (κ2) is 31.0. The Morgan fingerprint density at radius 2 is 1.33 bits per heavy atom. The van der Waals surface area contributed by atoms with Gasteiger partial charge in [-0.1, -0.05) is 128 Å². The molecule has 12 nitrogen and oxygen atoms in total. The Morgan fingerprint density at radius 1 is 0.745 bits per heavy atom. The van der Waals surface area contributed by atoms with Crippen LogP contribution < -0.4 is 0 Å². The topological polar surface area (TPSA) is 178 Å². The number of unbranched alkanes of at least 4 members (excludes halogenated alkanes) is 16. The SMILES string of the molecule is CCC/C=C\C/C=C\CCCCCCCCOCC(COC1OC(CO)C(O)C(OS(=O)(=O)O)C1O)OC(=O)CCCCCCCCCCCC. The minimum absolute atomic E-state index is 0.0313. The molecule has 0 saturated carbocycles. The predicted octanol–water partition coefficient (Wildman–Crippen LogP) is 6.90. The fourth-order valence-corrected chi connectivity index (χ4v) is 6.33. The minimum Gasteiger partial charge on any atom is -0.457 e. The summed E-state index contributed by atoms with van der Waals surface area (Å²) in [5, 5.41) is 30.5. The van der Waals surface area contributed by atoms with E-state index in [1.165, 1.54) is 57.8 Å². The Labute approximate surface area is 308 Å². The number of aliphatic hydroxyl groups excluding tert-OH is 3. The van der Waals surface area contributed by atoms with Crippen molar-refractivity contribution in [1.82, 2.24) is 0 Å². The lowest BCUT2D eigenvalue weighted by molar-refractivity contribution is -0.301. The molecule has 51 heavy (non-hydrogen) atoms. The van der Waals surface area contributed by atoms with E-state index < -0.39 is 59.8 Å². The second-order valence-corrected chi connectivity index (χ2v) is 14.6. The minimum atomic E-state index is -5.05. The molecule has 0 amide bonds. The number of rotatable bonds is 33. The molecular weight excluding hydrogens is 680 g/mol. The molecule has 1 aliphatic rings. The van der Waals surface area contributed by atoms with Gasteiger partial charge in [0.1, 0.15) is 30.5 Å². The highest BCUT2D eigenvalue weighted by Gasteiger charge is 2.48. The molecule has 13 heteroatoms. The number of allylic oxidation sites excluding steroid dienone is 4. The van der Waals surface area contributed by atoms with E-state index in [9.17, 15) is 28.5 Å². The summed E-state index contributed by atoms with van der Waals surface area (Å²) in [6.45, 7) is 3.87. The first-order valence-electron chi connectivity index (χ1n) is 19.6. The quantitative estimate of drug-likeness (QED) is 0.0236. The zero-order valence-corrected chi connectivity index (χ0v) is 32.2. The highest BCUT2D eigenvalue weighted by Crippen LogP contribution is 2.26. The second-order valence-electron chi connectivity index (χ2n) is 13.5. The predicted molar refractivity (Wildman–Crippen MR) is 197 cm³/mol. The van der Waals surface area contributed by atoms with Gasteiger partial charge in [0, 0.05) is 13.0 Å². The number of carbonyl (C=O) groups excluding carboxylic acids is 1. The van der Waals surface area contributed by atoms with Crippen LogP contribution in [0.15, 0.2) is 24.3 Å². The van der Waals surface area contributed by atoms with Gasteiger partial charge in [-0.15, -0.1) is 0 Å². The third-order valence-electron chi connectivity index (χ3n) is 8.81. The Bertz CT molecular complexity index is 1000. The van der Waals surface area contributed by atoms with Gasteiger partial charge in [0.2, 0.25) is 0 Å². The first-order chi connectivity index (χ1) is 24.6. The van der Waals surface area contributed by atoms with E-state index in [1.807, 2.05) is 0 Å². The van der Waals surface area contributed by atoms with E-state index in [4.69, 9.17) is 23.5 Å². The molecule has 0 bridgehead atoms. The molecule has 0 aromatic carbocycles. The summed E-state index contributed by atoms with van der Waals surface area (Å²) >= 11 is 0. The molecule has 1 saturated heterocycles. The molecule has 1 aliphatic heterocycles. The number of carbonyl (C=O) groups is 1. The molecule has 0 spiro atoms. The van der Waals surface area contributed by atoms with Crippen molar-refractivity contribution < 1.29 is 56.2 Å². The molecule has 0 aromatic rings. The van der Waals surface area contributed by atoms with Crippen molar-refractivity contribution in [2.45, 2.75) is 185 Å². The maximum absolute atomic E-state index is 12.7. The summed E-state index contributed by atoms with van der Waals surface area (Å²) in [6.07, 6.45) is 22.2. The summed E-state index contributed by atoms with van der Waals surface area (Å²) in [5.41, 5.74) is 0. The highest BCUT2D eigenvalue weighted by molar-refractivity contribution is 7.80. The highest BCUT2D eigenvalue weighted by atomic mass is 32.3. The lowest BCUT2D eigenvalue weighted by Gasteiger charge is -2.41. The monoisotopic (exact) mass is 750 g/mol. The van der Waals surface area contributed by atoms with E-state index in [0.717, 1.165) is 64.2 Å². The van der Waals surface area contributed by atoms with Crippen molar-refractivity contribution >= 4 is 16.4 Å². The van der Waals surface area contributed by atoms with Crippen molar-refractivity contribution in [2.75, 3.05) is 26.4 Å². The molecule has 6 unspecified atom stereocenters. The molecule has 300 valence electrons. The lowest BCUT2D eigenvalue weighted by Crippen LogP contribution is -2.60. The van der Waals surface area contributed by atoms with Gasteiger partial charge in [-0.2, -0.15) is 8.42 Å². The van der Waals surface area contributed by atoms with Crippen LogP contribution >= 0.6 is 0 Å². The maximum Gasteiger partial charge on any atom is 0.397 e. The van der Waals surface area contributed by atoms with Gasteiger partial charge in [-0.3, -0.25) is 9.35 Å². The van der Waals surface area contributed by atoms with Gasteiger partial charge in [0.05, 0.1) is 19.8 Å². The smallest absolute Gasteiger partial charge is 0.397 e. The molecule has 1 heterocycles. The molecule has 1 fully saturated rings. The molecule has 0 aliphatic carbocycles. The molecule has 0 aromatic heterocycles. The Morgan fingerprint density at radius 3 is 1.94 bits per heavy atom. The summed E-state index contributed by atoms with van der Waals surface area (Å²) in [7, 11) is -5.05. The standard InChI is InChI=1S/C38H70O12S/c1-3-5-7-9-11-13-15-16-17-18-20-22-24-26-28-46-30-32(48-34(40)27-25-23-21-19-14-12-10-8-6-4-2)31-47-38-36(42)37(50-51(43,44)45)35(41)33(29-39)49-38/h7,9,13,15,32-33,35-39,41-42H,3-6,8,10-12,14,16-31H2,1-2H3,(H,43,44,45)/b9-7-,15-13-. The Hall–Kier alpha value is -1.42. The van der Waals surface area contributed by atoms with Gasteiger partial charge in [-0.05, 0) is 38.5 Å². The number of esters is 1. The summed E-state index contributed by atoms with van der Waals surface area (Å²) in [4.78, 5) is 12.7. The zero-order chi connectivity index (χ0) is 37.6. The van der Waals surface area contributed by atoms with E-state index in [2.05, 4.69) is 42.3 Å². The molecule has 1 rings (SSSR count). The fourth-order valence-electron chi connectivity index (χ4n) is 5.83. The van der Waals surface area contributed by atoms with Gasteiger partial charge in [0.25, 0.3) is 0 Å². The van der Waals surface area contributed by atoms with Crippen molar-refractivity contribution in [3.8, 4) is 0 Å². The van der Waals surface area contributed by atoms with Crippen molar-refractivity contribution in [1.29, 1.82) is 0 Å². The fraction of sp³-hybridized carbons (Fsp3) is 0.868. The number of hydrogen-bond donors (Lipinski definition) is 4. The van der Waals surface area contributed by atoms with Gasteiger partial charge < -0.3 is 34.3 Å². The van der Waals surface area contributed by atoms with Crippen LogP contribution in [0.1, 0.15) is 149 Å². The van der Waals surface area contributed by atoms with Gasteiger partial charge >= 0.3 is 16.4 Å². The summed E-state index contributed by atoms with van der Waals surface area (Å²) in [6, 6.07) is 0. The molecule has 4 N–H and O–H groups in total. The van der Waals surface area contributed by atoms with E-state index in [1.54, 1.807) is 0 Å². The van der Waals surface area contributed by atoms with Crippen LogP contribution in [0, 0.1) is 0 Å². The van der Waals surface area contributed by atoms with Crippen molar-refractivity contribution in [3.05, 3.63) is 24.3 Å². The number of ether oxygens (including phenoxy) is 4. The lowest BCUT2D eigenvalue weighted by atomic mass is 9.99. The number of aliphatic hydroxyl groups is 3. The van der Waals surface area contributed by atoms with Crippen molar-refractivity contribution in [3.63, 3.8) is 0 Å². The Kier molecular flexibility index (Phi) is 28.9. The first-order valence-corrected chi connectivity index (χ1v) is 21.0. The normalized spacial score (nSPS) is 21.9. The average Bonchev–Trinajstić information content (AvgIpc) is 3.09. The summed E-state index contributed by atoms with van der Waals surface area (Å²) in [5.74, 6) is -0.407. The average molecular weight is 751 g/mol. The van der Waals surface area contributed by atoms with Crippen LogP contribution in [-0.2, 0) is 38.3 Å². The van der Waals surface area contributed by atoms with Gasteiger partial charge in [0.15, 0.2) is 6.29 Å². The summed E-state index contributed by atoms with van der Waals surface area (Å²) < 4.78 is 58.7. The molecule has 0 radical (unpaired) electrons. The largest absolute Gasteiger partial charge is 0.457 e. The van der Waals surface area contributed by atoms with Crippen LogP contribution in [-0.4, -0.2) is 97.5 Å². The third kappa shape index (κ3) is 25.3. The van der Waals surface area contributed by atoms with Gasteiger partial charge in [-0.25, -0.2) is 4.18 Å². The van der Waals surface area contributed by atoms with Crippen LogP contribution in [0.25, 0.3) is 0 Å². The Balaban J connectivity index is 2.50. The zero-order valence-electron chi connectivity index (χ0n) is 31.4. The first kappa shape index (κ1) is 47.6. The van der Waals surface area contributed by atoms with Crippen molar-refractivity contribution in [2.24, 2.45) is 0 Å². The molecular formula is C38H70O12S. The van der Waals surface area contributed by atoms with Crippen LogP contribution in [0.2, 0.25) is 0 Å². The third-order valence-corrected chi connectivity index (χ3v) is 9.27. The maximum atomic E-state index is 12.7. The van der Waals surface area contributed by atoms with E-state index >= 15 is 0 Å². The molecule has 6 atom stereocenters. The van der Waals surface area contributed by atoms with Crippen LogP contribution in [0.4, 0.5) is 0 Å². The number of hydrogen-bond acceptors (Lipinski definition) is 11.